The predicted molar refractivity (Wildman–Crippen MR) is 65.0 cm³/mol. The van der Waals surface area contributed by atoms with E-state index in [2.05, 4.69) is 15.5 Å². The molecule has 0 spiro atoms. The number of hydrogen-bond acceptors (Lipinski definition) is 6. The van der Waals surface area contributed by atoms with Crippen molar-refractivity contribution in [3.05, 3.63) is 11.7 Å². The summed E-state index contributed by atoms with van der Waals surface area (Å²) in [6, 6.07) is 0. The molecule has 1 saturated carbocycles. The lowest BCUT2D eigenvalue weighted by Gasteiger charge is -2.10. The van der Waals surface area contributed by atoms with Crippen LogP contribution in [0.4, 0.5) is 0 Å². The van der Waals surface area contributed by atoms with Crippen LogP contribution in [0.3, 0.4) is 0 Å². The fourth-order valence-electron chi connectivity index (χ4n) is 1.82. The SMILES string of the molecule is CCOC(c1noc(CNCCOC)n1)C1CC1. The largest absolute Gasteiger partial charge is 0.383 e. The minimum atomic E-state index is 0.00600. The van der Waals surface area contributed by atoms with Gasteiger partial charge in [0.2, 0.25) is 11.7 Å². The van der Waals surface area contributed by atoms with E-state index in [0.717, 1.165) is 6.54 Å². The van der Waals surface area contributed by atoms with Crippen molar-refractivity contribution in [2.75, 3.05) is 26.9 Å². The van der Waals surface area contributed by atoms with Gasteiger partial charge in [0, 0.05) is 20.3 Å². The minimum Gasteiger partial charge on any atom is -0.383 e. The number of rotatable bonds is 9. The average Bonchev–Trinajstić information content (AvgIpc) is 3.11. The van der Waals surface area contributed by atoms with E-state index in [1.807, 2.05) is 6.92 Å². The standard InChI is InChI=1S/C12H21N3O3/c1-3-17-11(9-4-5-9)12-14-10(18-15-12)8-13-6-7-16-2/h9,11,13H,3-8H2,1-2H3. The molecule has 18 heavy (non-hydrogen) atoms. The van der Waals surface area contributed by atoms with Crippen molar-refractivity contribution >= 4 is 0 Å². The lowest BCUT2D eigenvalue weighted by atomic mass is 10.2. The average molecular weight is 255 g/mol. The van der Waals surface area contributed by atoms with Crippen LogP contribution in [0, 0.1) is 5.92 Å². The van der Waals surface area contributed by atoms with Gasteiger partial charge in [-0.05, 0) is 25.7 Å². The summed E-state index contributed by atoms with van der Waals surface area (Å²) in [5, 5.41) is 7.18. The third-order valence-corrected chi connectivity index (χ3v) is 2.89. The Morgan fingerprint density at radius 1 is 1.50 bits per heavy atom. The second kappa shape index (κ2) is 6.82. The third kappa shape index (κ3) is 3.76. The molecule has 6 heteroatoms. The molecule has 1 aromatic rings. The molecule has 1 heterocycles. The van der Waals surface area contributed by atoms with E-state index in [-0.39, 0.29) is 6.10 Å². The Hall–Kier alpha value is -0.980. The van der Waals surface area contributed by atoms with Crippen LogP contribution < -0.4 is 5.32 Å². The van der Waals surface area contributed by atoms with Crippen LogP contribution >= 0.6 is 0 Å². The van der Waals surface area contributed by atoms with Gasteiger partial charge in [0.1, 0.15) is 6.10 Å². The summed E-state index contributed by atoms with van der Waals surface area (Å²) in [4.78, 5) is 4.38. The second-order valence-corrected chi connectivity index (χ2v) is 4.43. The van der Waals surface area contributed by atoms with Crippen molar-refractivity contribution in [1.29, 1.82) is 0 Å². The highest BCUT2D eigenvalue weighted by Gasteiger charge is 2.36. The van der Waals surface area contributed by atoms with E-state index in [1.165, 1.54) is 12.8 Å². The first-order valence-electron chi connectivity index (χ1n) is 6.49. The number of aromatic nitrogens is 2. The normalized spacial score (nSPS) is 17.0. The molecule has 0 saturated heterocycles. The molecule has 1 aliphatic carbocycles. The highest BCUT2D eigenvalue weighted by molar-refractivity contribution is 4.98. The maximum absolute atomic E-state index is 5.68. The lowest BCUT2D eigenvalue weighted by molar-refractivity contribution is 0.0384. The molecule has 1 unspecified atom stereocenters. The second-order valence-electron chi connectivity index (χ2n) is 4.43. The van der Waals surface area contributed by atoms with Crippen molar-refractivity contribution in [2.45, 2.75) is 32.4 Å². The molecular weight excluding hydrogens is 234 g/mol. The van der Waals surface area contributed by atoms with Crippen LogP contribution in [0.2, 0.25) is 0 Å². The van der Waals surface area contributed by atoms with Crippen molar-refractivity contribution in [1.82, 2.24) is 15.5 Å². The molecule has 102 valence electrons. The monoisotopic (exact) mass is 255 g/mol. The molecule has 0 radical (unpaired) electrons. The van der Waals surface area contributed by atoms with Gasteiger partial charge in [-0.1, -0.05) is 5.16 Å². The van der Waals surface area contributed by atoms with Crippen LogP contribution in [-0.4, -0.2) is 37.0 Å². The van der Waals surface area contributed by atoms with Crippen molar-refractivity contribution < 1.29 is 14.0 Å². The van der Waals surface area contributed by atoms with Crippen molar-refractivity contribution in [3.63, 3.8) is 0 Å². The first-order valence-corrected chi connectivity index (χ1v) is 6.49. The molecule has 0 amide bonds. The molecule has 2 rings (SSSR count). The third-order valence-electron chi connectivity index (χ3n) is 2.89. The summed E-state index contributed by atoms with van der Waals surface area (Å²) in [6.07, 6.45) is 2.40. The first kappa shape index (κ1) is 13.5. The Balaban J connectivity index is 1.83. The molecule has 1 fully saturated rings. The number of ether oxygens (including phenoxy) is 2. The highest BCUT2D eigenvalue weighted by Crippen LogP contribution is 2.42. The van der Waals surface area contributed by atoms with Crippen LogP contribution in [0.1, 0.15) is 37.6 Å². The fourth-order valence-corrected chi connectivity index (χ4v) is 1.82. The van der Waals surface area contributed by atoms with E-state index >= 15 is 0 Å². The summed E-state index contributed by atoms with van der Waals surface area (Å²) in [7, 11) is 1.68. The van der Waals surface area contributed by atoms with Gasteiger partial charge in [0.15, 0.2) is 0 Å². The van der Waals surface area contributed by atoms with E-state index in [4.69, 9.17) is 14.0 Å². The lowest BCUT2D eigenvalue weighted by Crippen LogP contribution is -2.18. The Bertz CT molecular complexity index is 352. The van der Waals surface area contributed by atoms with Gasteiger partial charge in [-0.15, -0.1) is 0 Å². The smallest absolute Gasteiger partial charge is 0.240 e. The summed E-state index contributed by atoms with van der Waals surface area (Å²) in [5.74, 6) is 1.85. The Kier molecular flexibility index (Phi) is 5.10. The summed E-state index contributed by atoms with van der Waals surface area (Å²) in [6.45, 7) is 4.68. The quantitative estimate of drug-likeness (QED) is 0.671. The van der Waals surface area contributed by atoms with Crippen LogP contribution in [0.15, 0.2) is 4.52 Å². The number of nitrogens with one attached hydrogen (secondary N) is 1. The van der Waals surface area contributed by atoms with Gasteiger partial charge in [-0.25, -0.2) is 0 Å². The molecule has 1 atom stereocenters. The Morgan fingerprint density at radius 3 is 3.00 bits per heavy atom. The zero-order valence-electron chi connectivity index (χ0n) is 11.0. The van der Waals surface area contributed by atoms with Gasteiger partial charge in [0.25, 0.3) is 0 Å². The first-order chi connectivity index (χ1) is 8.85. The maximum atomic E-state index is 5.68. The molecule has 0 aromatic carbocycles. The van der Waals surface area contributed by atoms with Crippen molar-refractivity contribution in [2.24, 2.45) is 5.92 Å². The van der Waals surface area contributed by atoms with Crippen molar-refractivity contribution in [3.8, 4) is 0 Å². The Labute approximate surface area is 107 Å². The molecule has 1 N–H and O–H groups in total. The molecule has 0 bridgehead atoms. The topological polar surface area (TPSA) is 69.4 Å². The molecular formula is C12H21N3O3. The van der Waals surface area contributed by atoms with E-state index < -0.39 is 0 Å². The maximum Gasteiger partial charge on any atom is 0.240 e. The number of hydrogen-bond donors (Lipinski definition) is 1. The van der Waals surface area contributed by atoms with Gasteiger partial charge in [-0.2, -0.15) is 4.98 Å². The predicted octanol–water partition coefficient (Wildman–Crippen LogP) is 1.29. The van der Waals surface area contributed by atoms with Gasteiger partial charge >= 0.3 is 0 Å². The van der Waals surface area contributed by atoms with E-state index in [9.17, 15) is 0 Å². The van der Waals surface area contributed by atoms with Crippen LogP contribution in [0.25, 0.3) is 0 Å². The minimum absolute atomic E-state index is 0.00600. The van der Waals surface area contributed by atoms with Gasteiger partial charge in [0.05, 0.1) is 13.2 Å². The van der Waals surface area contributed by atoms with Crippen LogP contribution in [-0.2, 0) is 16.0 Å². The Morgan fingerprint density at radius 2 is 2.33 bits per heavy atom. The van der Waals surface area contributed by atoms with Gasteiger partial charge < -0.3 is 19.3 Å². The summed E-state index contributed by atoms with van der Waals surface area (Å²) < 4.78 is 15.8. The fraction of sp³-hybridized carbons (Fsp3) is 0.833. The highest BCUT2D eigenvalue weighted by atomic mass is 16.5. The number of methoxy groups -OCH3 is 1. The summed E-state index contributed by atoms with van der Waals surface area (Å²) >= 11 is 0. The van der Waals surface area contributed by atoms with E-state index in [1.54, 1.807) is 7.11 Å². The molecule has 1 aromatic heterocycles. The zero-order valence-corrected chi connectivity index (χ0v) is 11.0. The molecule has 6 nitrogen and oxygen atoms in total. The molecule has 0 aliphatic heterocycles. The van der Waals surface area contributed by atoms with E-state index in [0.29, 0.717) is 37.4 Å². The summed E-state index contributed by atoms with van der Waals surface area (Å²) in [5.41, 5.74) is 0. The van der Waals surface area contributed by atoms with Gasteiger partial charge in [-0.3, -0.25) is 0 Å². The van der Waals surface area contributed by atoms with Crippen LogP contribution in [0.5, 0.6) is 0 Å². The molecule has 1 aliphatic rings. The number of nitrogens with zero attached hydrogens (tertiary/aromatic N) is 2. The zero-order chi connectivity index (χ0) is 12.8.